The van der Waals surface area contributed by atoms with E-state index in [0.29, 0.717) is 24.2 Å². The van der Waals surface area contributed by atoms with E-state index in [4.69, 9.17) is 9.15 Å². The molecule has 1 aromatic heterocycles. The lowest BCUT2D eigenvalue weighted by atomic mass is 9.96. The summed E-state index contributed by atoms with van der Waals surface area (Å²) in [7, 11) is 2.88. The van der Waals surface area contributed by atoms with Crippen LogP contribution in [0, 0.1) is 5.82 Å². The molecule has 3 saturated heterocycles. The molecule has 13 nitrogen and oxygen atoms in total. The number of nitrogens with one attached hydrogen (secondary N) is 1. The maximum Gasteiger partial charge on any atom is 0.341 e. The van der Waals surface area contributed by atoms with Gasteiger partial charge in [-0.25, -0.2) is 13.9 Å². The number of rotatable bonds is 8. The monoisotopic (exact) mass is 710 g/mol. The maximum absolute atomic E-state index is 15.7. The minimum atomic E-state index is -4.13. The van der Waals surface area contributed by atoms with Gasteiger partial charge in [-0.1, -0.05) is 0 Å². The number of methoxy groups -OCH3 is 1. The van der Waals surface area contributed by atoms with Crippen LogP contribution in [0.3, 0.4) is 0 Å². The Balaban J connectivity index is 1.11. The van der Waals surface area contributed by atoms with E-state index in [1.54, 1.807) is 21.2 Å². The highest BCUT2D eigenvalue weighted by molar-refractivity contribution is 7.87. The summed E-state index contributed by atoms with van der Waals surface area (Å²) >= 11 is 0. The smallest absolute Gasteiger partial charge is 0.341 e. The third kappa shape index (κ3) is 6.14. The number of amides is 2. The Labute approximate surface area is 290 Å². The molecule has 0 spiro atoms. The molecule has 15 heteroatoms. The number of likely N-dealkylation sites (N-methyl/N-ethyl adjacent to an activating group) is 1. The Morgan fingerprint density at radius 1 is 1.02 bits per heavy atom. The number of piperazine rings is 1. The molecule has 2 amide bonds. The number of hydrogen-bond donors (Lipinski definition) is 1. The first kappa shape index (κ1) is 34.4. The van der Waals surface area contributed by atoms with Crippen molar-refractivity contribution in [2.45, 2.75) is 56.8 Å². The number of carbonyl (C=O) groups excluding carboxylic acids is 2. The summed E-state index contributed by atoms with van der Waals surface area (Å²) in [6, 6.07) is 7.98. The van der Waals surface area contributed by atoms with Crippen molar-refractivity contribution >= 4 is 44.4 Å². The van der Waals surface area contributed by atoms with E-state index in [9.17, 15) is 22.8 Å². The van der Waals surface area contributed by atoms with Crippen molar-refractivity contribution in [3.8, 4) is 0 Å². The standard InChI is InChI=1S/C35H43FN6O7S/c1-38(2)31-17-27(30(36)16-28(31)33(43)37-50(46,47)42-21-5-6-22(42)8-7-21)34(44)41-12-11-25-26-10-9-23(15-32(26)49-35(45)29(25)19-41)40-14-13-39(3)24(18-40)20-48-4/h9-10,15-17,21-22,24H,5-8,11-14,18-20H2,1-4H3,(H,37,43). The number of anilines is 2. The predicted octanol–water partition coefficient (Wildman–Crippen LogP) is 2.56. The van der Waals surface area contributed by atoms with Crippen LogP contribution in [0.2, 0.25) is 0 Å². The molecule has 7 rings (SSSR count). The molecule has 0 saturated carbocycles. The fraction of sp³-hybridized carbons (Fsp3) is 0.514. The van der Waals surface area contributed by atoms with Crippen LogP contribution in [-0.4, -0.2) is 114 Å². The molecule has 1 atom stereocenters. The van der Waals surface area contributed by atoms with Gasteiger partial charge in [0, 0.05) is 76.6 Å². The largest absolute Gasteiger partial charge is 0.422 e. The summed E-state index contributed by atoms with van der Waals surface area (Å²) in [6.07, 6.45) is 3.37. The zero-order valence-corrected chi connectivity index (χ0v) is 29.6. The second-order valence-electron chi connectivity index (χ2n) is 14.0. The van der Waals surface area contributed by atoms with Gasteiger partial charge in [-0.15, -0.1) is 0 Å². The van der Waals surface area contributed by atoms with E-state index in [-0.39, 0.29) is 48.0 Å². The zero-order chi connectivity index (χ0) is 35.5. The first-order valence-electron chi connectivity index (χ1n) is 17.0. The lowest BCUT2D eigenvalue weighted by molar-refractivity contribution is 0.0727. The molecule has 268 valence electrons. The van der Waals surface area contributed by atoms with Crippen LogP contribution in [0.1, 0.15) is 57.5 Å². The lowest BCUT2D eigenvalue weighted by Crippen LogP contribution is -2.53. The number of carbonyl (C=O) groups is 2. The molecule has 3 fully saturated rings. The molecular formula is C35H43FN6O7S. The Morgan fingerprint density at radius 2 is 1.74 bits per heavy atom. The highest BCUT2D eigenvalue weighted by atomic mass is 32.2. The van der Waals surface area contributed by atoms with E-state index in [2.05, 4.69) is 21.6 Å². The molecule has 0 radical (unpaired) electrons. The van der Waals surface area contributed by atoms with Crippen LogP contribution >= 0.6 is 0 Å². The fourth-order valence-electron chi connectivity index (χ4n) is 8.11. The molecule has 50 heavy (non-hydrogen) atoms. The van der Waals surface area contributed by atoms with E-state index < -0.39 is 33.5 Å². The molecule has 4 aliphatic rings. The summed E-state index contributed by atoms with van der Waals surface area (Å²) in [5, 5.41) is 0.798. The summed E-state index contributed by atoms with van der Waals surface area (Å²) in [5.74, 6) is -2.59. The normalized spacial score (nSPS) is 22.6. The second-order valence-corrected chi connectivity index (χ2v) is 15.6. The number of hydrogen-bond acceptors (Lipinski definition) is 10. The van der Waals surface area contributed by atoms with E-state index in [1.807, 2.05) is 18.2 Å². The molecule has 3 aromatic rings. The maximum atomic E-state index is 15.7. The highest BCUT2D eigenvalue weighted by Crippen LogP contribution is 2.39. The number of halogens is 1. The van der Waals surface area contributed by atoms with Crippen LogP contribution < -0.4 is 20.1 Å². The minimum absolute atomic E-state index is 0.0687. The molecule has 1 N–H and O–H groups in total. The van der Waals surface area contributed by atoms with E-state index >= 15 is 4.39 Å². The Bertz CT molecular complexity index is 2000. The fourth-order valence-corrected chi connectivity index (χ4v) is 9.76. The van der Waals surface area contributed by atoms with Gasteiger partial charge in [0.1, 0.15) is 11.4 Å². The summed E-state index contributed by atoms with van der Waals surface area (Å²) in [5.41, 5.74) is 1.71. The first-order chi connectivity index (χ1) is 23.9. The van der Waals surface area contributed by atoms with E-state index in [0.717, 1.165) is 68.0 Å². The first-order valence-corrected chi connectivity index (χ1v) is 18.5. The van der Waals surface area contributed by atoms with Crippen molar-refractivity contribution in [3.63, 3.8) is 0 Å². The van der Waals surface area contributed by atoms with Crippen molar-refractivity contribution in [3.05, 3.63) is 68.8 Å². The molecule has 0 aliphatic carbocycles. The SMILES string of the molecule is COCC1CN(c2ccc3c4c(c(=O)oc3c2)CN(C(=O)c2cc(N(C)C)c(C(=O)NS(=O)(=O)N3C5CCC3CC5)cc2F)CC4)CCN1C. The summed E-state index contributed by atoms with van der Waals surface area (Å²) in [6.45, 7) is 3.25. The third-order valence-corrected chi connectivity index (χ3v) is 12.4. The van der Waals surface area contributed by atoms with Gasteiger partial charge in [-0.3, -0.25) is 14.5 Å². The minimum Gasteiger partial charge on any atom is -0.422 e. The van der Waals surface area contributed by atoms with Crippen molar-refractivity contribution in [1.82, 2.24) is 18.8 Å². The number of fused-ring (bicyclic) bond motifs is 5. The van der Waals surface area contributed by atoms with Gasteiger partial charge in [-0.2, -0.15) is 12.7 Å². The molecule has 2 aromatic carbocycles. The average molecular weight is 711 g/mol. The molecular weight excluding hydrogens is 667 g/mol. The van der Waals surface area contributed by atoms with Gasteiger partial charge in [0.25, 0.3) is 11.8 Å². The number of ether oxygens (including phenoxy) is 1. The van der Waals surface area contributed by atoms with Crippen LogP contribution in [0.4, 0.5) is 15.8 Å². The topological polar surface area (TPSA) is 136 Å². The third-order valence-electron chi connectivity index (χ3n) is 10.8. The Hall–Kier alpha value is -4.05. The van der Waals surface area contributed by atoms with Crippen LogP contribution in [-0.2, 0) is 27.9 Å². The van der Waals surface area contributed by atoms with Gasteiger partial charge in [0.15, 0.2) is 0 Å². The van der Waals surface area contributed by atoms with Gasteiger partial charge in [0.2, 0.25) is 0 Å². The van der Waals surface area contributed by atoms with Crippen molar-refractivity contribution in [2.75, 3.05) is 70.8 Å². The van der Waals surface area contributed by atoms with Crippen molar-refractivity contribution < 1.29 is 31.6 Å². The second kappa shape index (κ2) is 13.2. The highest BCUT2D eigenvalue weighted by Gasteiger charge is 2.47. The van der Waals surface area contributed by atoms with Crippen molar-refractivity contribution in [2.24, 2.45) is 0 Å². The van der Waals surface area contributed by atoms with E-state index in [1.165, 1.54) is 20.2 Å². The van der Waals surface area contributed by atoms with Gasteiger partial charge in [-0.05, 0) is 69.0 Å². The summed E-state index contributed by atoms with van der Waals surface area (Å²) in [4.78, 5) is 47.8. The number of nitrogens with zero attached hydrogens (tertiary/aromatic N) is 5. The average Bonchev–Trinajstić information content (AvgIpc) is 3.71. The van der Waals surface area contributed by atoms with Crippen LogP contribution in [0.15, 0.2) is 39.5 Å². The van der Waals surface area contributed by atoms with Crippen LogP contribution in [0.25, 0.3) is 11.0 Å². The van der Waals surface area contributed by atoms with Gasteiger partial charge < -0.3 is 23.9 Å². The quantitative estimate of drug-likeness (QED) is 0.348. The Kier molecular flexibility index (Phi) is 9.12. The molecule has 5 heterocycles. The molecule has 2 bridgehead atoms. The molecule has 1 unspecified atom stereocenters. The van der Waals surface area contributed by atoms with Gasteiger partial charge >= 0.3 is 15.8 Å². The zero-order valence-electron chi connectivity index (χ0n) is 28.8. The van der Waals surface area contributed by atoms with Crippen LogP contribution in [0.5, 0.6) is 0 Å². The van der Waals surface area contributed by atoms with Crippen molar-refractivity contribution in [1.29, 1.82) is 0 Å². The predicted molar refractivity (Wildman–Crippen MR) is 186 cm³/mol. The lowest BCUT2D eigenvalue weighted by Gasteiger charge is -2.40. The molecule has 4 aliphatic heterocycles. The Morgan fingerprint density at radius 3 is 2.42 bits per heavy atom. The summed E-state index contributed by atoms with van der Waals surface area (Å²) < 4.78 is 56.7. The number of benzene rings is 2. The van der Waals surface area contributed by atoms with Gasteiger partial charge in [0.05, 0.1) is 41.6 Å².